The van der Waals surface area contributed by atoms with E-state index in [-0.39, 0.29) is 19.7 Å². The first-order valence-corrected chi connectivity index (χ1v) is 13.4. The number of hydrogen-bond donors (Lipinski definition) is 4. The van der Waals surface area contributed by atoms with E-state index in [4.69, 9.17) is 4.74 Å². The summed E-state index contributed by atoms with van der Waals surface area (Å²) in [5, 5.41) is 19.8. The van der Waals surface area contributed by atoms with E-state index in [1.807, 2.05) is 0 Å². The minimum atomic E-state index is -1.63. The lowest BCUT2D eigenvalue weighted by Gasteiger charge is -2.31. The number of guanidine groups is 1. The molecule has 40 heavy (non-hydrogen) atoms. The van der Waals surface area contributed by atoms with Gasteiger partial charge in [-0.3, -0.25) is 9.59 Å². The number of hydrogen-bond acceptors (Lipinski definition) is 9. The van der Waals surface area contributed by atoms with Gasteiger partial charge in [0.2, 0.25) is 5.91 Å². The summed E-state index contributed by atoms with van der Waals surface area (Å²) in [4.78, 5) is 68.2. The quantitative estimate of drug-likeness (QED) is 0.225. The third-order valence-corrected chi connectivity index (χ3v) is 7.02. The van der Waals surface area contributed by atoms with Crippen molar-refractivity contribution in [1.82, 2.24) is 30.9 Å². The van der Waals surface area contributed by atoms with Crippen LogP contribution in [0.1, 0.15) is 44.6 Å². The van der Waals surface area contributed by atoms with Gasteiger partial charge in [0, 0.05) is 20.0 Å². The highest BCUT2D eigenvalue weighted by molar-refractivity contribution is 6.03. The van der Waals surface area contributed by atoms with Gasteiger partial charge in [-0.2, -0.15) is 5.01 Å². The van der Waals surface area contributed by atoms with Crippen molar-refractivity contribution in [3.8, 4) is 0 Å². The Labute approximate surface area is 231 Å². The van der Waals surface area contributed by atoms with Crippen LogP contribution >= 0.6 is 0 Å². The predicted octanol–water partition coefficient (Wildman–Crippen LogP) is 0.644. The average Bonchev–Trinajstić information content (AvgIpc) is 3.47. The van der Waals surface area contributed by atoms with Crippen LogP contribution in [0, 0.1) is 0 Å². The van der Waals surface area contributed by atoms with Crippen molar-refractivity contribution in [3.63, 3.8) is 0 Å². The Hall–Kier alpha value is -4.36. The number of rotatable bonds is 11. The van der Waals surface area contributed by atoms with E-state index in [1.54, 1.807) is 30.3 Å². The van der Waals surface area contributed by atoms with Crippen LogP contribution in [-0.4, -0.2) is 100 Å². The lowest BCUT2D eigenvalue weighted by Crippen LogP contribution is -2.57. The number of carbonyl (C=O) groups is 5. The second kappa shape index (κ2) is 13.1. The molecular formula is C26H35N7O7. The summed E-state index contributed by atoms with van der Waals surface area (Å²) in [7, 11) is 0. The van der Waals surface area contributed by atoms with Gasteiger partial charge in [-0.25, -0.2) is 24.4 Å². The number of amides is 5. The number of carboxylic acid groups (broad SMARTS) is 1. The number of nitrogens with zero attached hydrogens (tertiary/aromatic N) is 4. The first kappa shape index (κ1) is 28.6. The van der Waals surface area contributed by atoms with Gasteiger partial charge in [0.1, 0.15) is 19.2 Å². The number of fused-ring (bicyclic) bond motifs is 1. The third-order valence-electron chi connectivity index (χ3n) is 7.02. The molecule has 2 unspecified atom stereocenters. The Morgan fingerprint density at radius 3 is 2.65 bits per heavy atom. The van der Waals surface area contributed by atoms with Gasteiger partial charge in [-0.15, -0.1) is 0 Å². The van der Waals surface area contributed by atoms with Crippen molar-refractivity contribution in [3.05, 3.63) is 35.9 Å². The minimum Gasteiger partial charge on any atom is -0.480 e. The molecule has 0 bridgehead atoms. The second-order valence-corrected chi connectivity index (χ2v) is 9.97. The smallest absolute Gasteiger partial charge is 0.408 e. The molecule has 1 saturated carbocycles. The predicted molar refractivity (Wildman–Crippen MR) is 142 cm³/mol. The molecule has 3 aliphatic rings. The zero-order chi connectivity index (χ0) is 28.6. The number of carboxylic acids is 1. The van der Waals surface area contributed by atoms with Crippen LogP contribution in [0.3, 0.4) is 0 Å². The SMILES string of the molecule is CC(=O)N(C[C@H](NC(=O)OCc1ccccc1)C(=O)O)N1C(=O)CN(CCCNC2=NC3CCCCC3N2)C1=O. The molecule has 3 atom stereocenters. The third kappa shape index (κ3) is 7.18. The first-order chi connectivity index (χ1) is 19.2. The number of aliphatic imine (C=N–C) groups is 1. The molecular weight excluding hydrogens is 522 g/mol. The monoisotopic (exact) mass is 557 g/mol. The molecule has 0 spiro atoms. The lowest BCUT2D eigenvalue weighted by molar-refractivity contribution is -0.155. The van der Waals surface area contributed by atoms with Crippen molar-refractivity contribution in [2.75, 3.05) is 26.2 Å². The van der Waals surface area contributed by atoms with Crippen molar-refractivity contribution in [2.45, 2.75) is 63.8 Å². The van der Waals surface area contributed by atoms with E-state index < -0.39 is 42.5 Å². The van der Waals surface area contributed by atoms with Crippen LogP contribution in [-0.2, 0) is 25.7 Å². The molecule has 0 radical (unpaired) electrons. The van der Waals surface area contributed by atoms with Gasteiger partial charge in [-0.1, -0.05) is 43.2 Å². The zero-order valence-corrected chi connectivity index (χ0v) is 22.4. The Morgan fingerprint density at radius 1 is 1.20 bits per heavy atom. The minimum absolute atomic E-state index is 0.0904. The number of ether oxygens (including phenoxy) is 1. The molecule has 216 valence electrons. The van der Waals surface area contributed by atoms with Crippen LogP contribution in [0.25, 0.3) is 0 Å². The maximum Gasteiger partial charge on any atom is 0.408 e. The van der Waals surface area contributed by atoms with E-state index in [2.05, 4.69) is 20.9 Å². The lowest BCUT2D eigenvalue weighted by atomic mass is 9.92. The highest BCUT2D eigenvalue weighted by atomic mass is 16.5. The number of imide groups is 1. The first-order valence-electron chi connectivity index (χ1n) is 13.4. The molecule has 2 aliphatic heterocycles. The zero-order valence-electron chi connectivity index (χ0n) is 22.4. The molecule has 14 nitrogen and oxygen atoms in total. The van der Waals surface area contributed by atoms with Crippen LogP contribution in [0.2, 0.25) is 0 Å². The van der Waals surface area contributed by atoms with Gasteiger partial charge in [0.25, 0.3) is 5.91 Å². The number of aliphatic carboxylic acids is 1. The molecule has 1 aromatic carbocycles. The van der Waals surface area contributed by atoms with Crippen molar-refractivity contribution in [2.24, 2.45) is 4.99 Å². The molecule has 2 heterocycles. The maximum absolute atomic E-state index is 13.0. The Balaban J connectivity index is 1.28. The van der Waals surface area contributed by atoms with E-state index >= 15 is 0 Å². The van der Waals surface area contributed by atoms with Crippen molar-refractivity contribution < 1.29 is 33.8 Å². The van der Waals surface area contributed by atoms with Crippen molar-refractivity contribution in [1.29, 1.82) is 0 Å². The summed E-state index contributed by atoms with van der Waals surface area (Å²) in [6, 6.07) is 7.09. The molecule has 4 rings (SSSR count). The number of alkyl carbamates (subject to hydrolysis) is 1. The van der Waals surface area contributed by atoms with Crippen LogP contribution in [0.15, 0.2) is 35.3 Å². The fourth-order valence-electron chi connectivity index (χ4n) is 4.95. The summed E-state index contributed by atoms with van der Waals surface area (Å²) in [6.07, 6.45) is 4.04. The average molecular weight is 558 g/mol. The van der Waals surface area contributed by atoms with Crippen LogP contribution in [0.5, 0.6) is 0 Å². The molecule has 4 N–H and O–H groups in total. The molecule has 1 aromatic rings. The van der Waals surface area contributed by atoms with E-state index in [9.17, 15) is 29.1 Å². The topological polar surface area (TPSA) is 173 Å². The molecule has 5 amide bonds. The Morgan fingerprint density at radius 2 is 1.95 bits per heavy atom. The standard InChI is InChI=1S/C26H35N7O7/c1-17(34)32(14-21(23(36)37)30-25(38)40-16-18-8-3-2-4-9-18)33-22(35)15-31(26(33)39)13-7-12-27-24-28-19-10-5-6-11-20(19)29-24/h2-4,8-9,19-21H,5-7,10-16H2,1H3,(H,30,38)(H,36,37)(H2,27,28,29)/t19?,20?,21-/m0/s1. The fraction of sp³-hybridized carbons (Fsp3) is 0.538. The van der Waals surface area contributed by atoms with Gasteiger partial charge in [-0.05, 0) is 24.8 Å². The maximum atomic E-state index is 13.0. The largest absolute Gasteiger partial charge is 0.480 e. The number of urea groups is 1. The molecule has 14 heteroatoms. The van der Waals surface area contributed by atoms with Gasteiger partial charge in [0.15, 0.2) is 5.96 Å². The molecule has 2 fully saturated rings. The van der Waals surface area contributed by atoms with Gasteiger partial charge >= 0.3 is 18.1 Å². The van der Waals surface area contributed by atoms with Gasteiger partial charge < -0.3 is 30.7 Å². The number of benzene rings is 1. The molecule has 1 saturated heterocycles. The summed E-state index contributed by atoms with van der Waals surface area (Å²) in [6.45, 7) is 0.879. The second-order valence-electron chi connectivity index (χ2n) is 9.97. The summed E-state index contributed by atoms with van der Waals surface area (Å²) in [5.41, 5.74) is 0.698. The Bertz CT molecular complexity index is 1150. The summed E-state index contributed by atoms with van der Waals surface area (Å²) in [5.74, 6) is -2.12. The van der Waals surface area contributed by atoms with E-state index in [1.165, 1.54) is 17.7 Å². The number of hydrazine groups is 1. The van der Waals surface area contributed by atoms with E-state index in [0.717, 1.165) is 30.7 Å². The molecule has 1 aliphatic carbocycles. The van der Waals surface area contributed by atoms with Gasteiger partial charge in [0.05, 0.1) is 18.6 Å². The highest BCUT2D eigenvalue weighted by Gasteiger charge is 2.42. The fourth-order valence-corrected chi connectivity index (χ4v) is 4.95. The van der Waals surface area contributed by atoms with E-state index in [0.29, 0.717) is 35.6 Å². The molecule has 0 aromatic heterocycles. The van der Waals surface area contributed by atoms with Crippen LogP contribution < -0.4 is 16.0 Å². The highest BCUT2D eigenvalue weighted by Crippen LogP contribution is 2.24. The number of nitrogens with one attached hydrogen (secondary N) is 3. The summed E-state index contributed by atoms with van der Waals surface area (Å²) >= 11 is 0. The Kier molecular flexibility index (Phi) is 9.40. The number of carbonyl (C=O) groups excluding carboxylic acids is 4. The van der Waals surface area contributed by atoms with Crippen molar-refractivity contribution >= 4 is 35.9 Å². The normalized spacial score (nSPS) is 20.8. The summed E-state index contributed by atoms with van der Waals surface area (Å²) < 4.78 is 5.06. The van der Waals surface area contributed by atoms with Crippen LogP contribution in [0.4, 0.5) is 9.59 Å².